The molecule has 3 aromatic carbocycles. The van der Waals surface area contributed by atoms with Gasteiger partial charge in [-0.1, -0.05) is 55.5 Å². The highest BCUT2D eigenvalue weighted by atomic mass is 16.2. The summed E-state index contributed by atoms with van der Waals surface area (Å²) >= 11 is 0. The summed E-state index contributed by atoms with van der Waals surface area (Å²) in [5.41, 5.74) is 1.92. The fourth-order valence-electron chi connectivity index (χ4n) is 4.76. The van der Waals surface area contributed by atoms with Crippen molar-refractivity contribution in [1.82, 2.24) is 10.6 Å². The number of nitrogens with one attached hydrogen (secondary N) is 2. The van der Waals surface area contributed by atoms with Gasteiger partial charge in [-0.15, -0.1) is 0 Å². The van der Waals surface area contributed by atoms with Gasteiger partial charge in [0.1, 0.15) is 24.7 Å². The Bertz CT molecular complexity index is 1400. The number of nitrogens with zero attached hydrogens (tertiary/aromatic N) is 2. The molecule has 0 bridgehead atoms. The number of fused-ring (bicyclic) bond motifs is 2. The van der Waals surface area contributed by atoms with Crippen LogP contribution in [0.3, 0.4) is 0 Å². The molecule has 39 heavy (non-hydrogen) atoms. The molecule has 1 aliphatic rings. The van der Waals surface area contributed by atoms with Gasteiger partial charge < -0.3 is 20.3 Å². The van der Waals surface area contributed by atoms with Gasteiger partial charge in [0.25, 0.3) is 0 Å². The van der Waals surface area contributed by atoms with Crippen LogP contribution in [0, 0.1) is 0 Å². The van der Waals surface area contributed by atoms with Crippen molar-refractivity contribution >= 4 is 51.9 Å². The SMILES string of the molecule is CCC(=O)N1CC(NCc2ccc3ccccc3c2)C(=O)N(CC(=O)N[C@H](C=O)CC(C)=O)c2ccccc21. The maximum atomic E-state index is 13.9. The minimum Gasteiger partial charge on any atom is -0.345 e. The number of hydrogen-bond donors (Lipinski definition) is 2. The van der Waals surface area contributed by atoms with E-state index in [0.717, 1.165) is 16.3 Å². The van der Waals surface area contributed by atoms with E-state index >= 15 is 0 Å². The normalized spacial score (nSPS) is 15.8. The van der Waals surface area contributed by atoms with Crippen molar-refractivity contribution in [2.45, 2.75) is 45.3 Å². The first-order chi connectivity index (χ1) is 18.8. The Hall–Kier alpha value is -4.37. The molecule has 0 saturated carbocycles. The number of aldehydes is 1. The number of benzene rings is 3. The second kappa shape index (κ2) is 12.4. The van der Waals surface area contributed by atoms with E-state index in [0.29, 0.717) is 24.2 Å². The third-order valence-corrected chi connectivity index (χ3v) is 6.68. The van der Waals surface area contributed by atoms with Crippen LogP contribution >= 0.6 is 0 Å². The van der Waals surface area contributed by atoms with Crippen LogP contribution in [0.5, 0.6) is 0 Å². The quantitative estimate of drug-likeness (QED) is 0.391. The molecule has 1 aliphatic heterocycles. The number of hydrogen-bond acceptors (Lipinski definition) is 6. The van der Waals surface area contributed by atoms with Crippen molar-refractivity contribution in [3.63, 3.8) is 0 Å². The van der Waals surface area contributed by atoms with Gasteiger partial charge >= 0.3 is 0 Å². The van der Waals surface area contributed by atoms with Crippen LogP contribution in [0.4, 0.5) is 11.4 Å². The largest absolute Gasteiger partial charge is 0.345 e. The molecule has 4 rings (SSSR count). The zero-order valence-corrected chi connectivity index (χ0v) is 22.1. The lowest BCUT2D eigenvalue weighted by Gasteiger charge is -2.25. The summed E-state index contributed by atoms with van der Waals surface area (Å²) in [5, 5.41) is 8.01. The summed E-state index contributed by atoms with van der Waals surface area (Å²) in [4.78, 5) is 65.6. The van der Waals surface area contributed by atoms with Gasteiger partial charge in [-0.2, -0.15) is 0 Å². The lowest BCUT2D eigenvalue weighted by molar-refractivity contribution is -0.127. The van der Waals surface area contributed by atoms with Crippen molar-refractivity contribution in [2.75, 3.05) is 22.9 Å². The zero-order valence-electron chi connectivity index (χ0n) is 22.1. The van der Waals surface area contributed by atoms with Gasteiger partial charge in [0.2, 0.25) is 17.7 Å². The highest BCUT2D eigenvalue weighted by molar-refractivity contribution is 6.09. The first-order valence-corrected chi connectivity index (χ1v) is 13.0. The molecule has 3 amide bonds. The lowest BCUT2D eigenvalue weighted by Crippen LogP contribution is -2.53. The van der Waals surface area contributed by atoms with E-state index < -0.39 is 18.0 Å². The Morgan fingerprint density at radius 1 is 1.00 bits per heavy atom. The molecule has 1 unspecified atom stereocenters. The summed E-state index contributed by atoms with van der Waals surface area (Å²) in [5.74, 6) is -1.35. The predicted molar refractivity (Wildman–Crippen MR) is 149 cm³/mol. The average molecular weight is 529 g/mol. The maximum Gasteiger partial charge on any atom is 0.246 e. The second-order valence-electron chi connectivity index (χ2n) is 9.60. The zero-order chi connectivity index (χ0) is 27.9. The number of anilines is 2. The van der Waals surface area contributed by atoms with Gasteiger partial charge in [0.05, 0.1) is 24.0 Å². The second-order valence-corrected chi connectivity index (χ2v) is 9.60. The number of rotatable bonds is 10. The standard InChI is InChI=1S/C30H32N4O5/c1-3-29(38)33-17-25(31-16-21-12-13-22-8-4-5-9-23(22)15-21)30(39)34(27-11-7-6-10-26(27)33)18-28(37)32-24(19-35)14-20(2)36/h4-13,15,19,24-25,31H,3,14,16-18H2,1-2H3,(H,32,37)/t24-,25?/m0/s1. The van der Waals surface area contributed by atoms with Crippen LogP contribution in [-0.4, -0.2) is 55.0 Å². The van der Waals surface area contributed by atoms with Gasteiger partial charge in [-0.3, -0.25) is 24.1 Å². The van der Waals surface area contributed by atoms with Crippen LogP contribution in [0.2, 0.25) is 0 Å². The Balaban J connectivity index is 1.62. The third kappa shape index (κ3) is 6.56. The smallest absolute Gasteiger partial charge is 0.246 e. The van der Waals surface area contributed by atoms with Gasteiger partial charge in [0, 0.05) is 19.4 Å². The van der Waals surface area contributed by atoms with Crippen LogP contribution in [0.25, 0.3) is 10.8 Å². The molecule has 9 heteroatoms. The highest BCUT2D eigenvalue weighted by Crippen LogP contribution is 2.33. The van der Waals surface area contributed by atoms with Crippen molar-refractivity contribution in [1.29, 1.82) is 0 Å². The minimum absolute atomic E-state index is 0.0928. The van der Waals surface area contributed by atoms with E-state index in [9.17, 15) is 24.0 Å². The molecule has 0 fully saturated rings. The number of Topliss-reactive ketones (excluding diaryl/α,β-unsaturated/α-hetero) is 1. The Kier molecular flexibility index (Phi) is 8.83. The van der Waals surface area contributed by atoms with Gasteiger partial charge in [-0.05, 0) is 41.5 Å². The van der Waals surface area contributed by atoms with E-state index in [1.54, 1.807) is 36.1 Å². The number of amides is 3. The summed E-state index contributed by atoms with van der Waals surface area (Å²) in [7, 11) is 0. The van der Waals surface area contributed by atoms with Crippen molar-refractivity contribution in [3.8, 4) is 0 Å². The Morgan fingerprint density at radius 2 is 1.69 bits per heavy atom. The van der Waals surface area contributed by atoms with Crippen LogP contribution < -0.4 is 20.4 Å². The Labute approximate surface area is 227 Å². The molecular formula is C30H32N4O5. The fourth-order valence-corrected chi connectivity index (χ4v) is 4.76. The summed E-state index contributed by atoms with van der Waals surface area (Å²) in [6.45, 7) is 3.19. The van der Waals surface area contributed by atoms with E-state index in [-0.39, 0.29) is 43.5 Å². The molecule has 0 aromatic heterocycles. The Morgan fingerprint density at radius 3 is 2.38 bits per heavy atom. The van der Waals surface area contributed by atoms with Gasteiger partial charge in [-0.25, -0.2) is 0 Å². The molecule has 0 aliphatic carbocycles. The van der Waals surface area contributed by atoms with Gasteiger partial charge in [0.15, 0.2) is 0 Å². The molecule has 2 N–H and O–H groups in total. The summed E-state index contributed by atoms with van der Waals surface area (Å²) in [6, 6.07) is 19.2. The van der Waals surface area contributed by atoms with Crippen molar-refractivity contribution in [3.05, 3.63) is 72.3 Å². The van der Waals surface area contributed by atoms with Crippen molar-refractivity contribution in [2.24, 2.45) is 0 Å². The maximum absolute atomic E-state index is 13.9. The highest BCUT2D eigenvalue weighted by Gasteiger charge is 2.36. The first kappa shape index (κ1) is 27.7. The molecule has 1 heterocycles. The fraction of sp³-hybridized carbons (Fsp3) is 0.300. The summed E-state index contributed by atoms with van der Waals surface area (Å²) in [6.07, 6.45) is 0.619. The van der Waals surface area contributed by atoms with Crippen LogP contribution in [0.15, 0.2) is 66.7 Å². The van der Waals surface area contributed by atoms with E-state index in [2.05, 4.69) is 10.6 Å². The van der Waals surface area contributed by atoms with Crippen LogP contribution in [0.1, 0.15) is 32.3 Å². The molecule has 3 aromatic rings. The van der Waals surface area contributed by atoms with E-state index in [1.807, 2.05) is 42.5 Å². The molecule has 2 atom stereocenters. The number of ketones is 1. The van der Waals surface area contributed by atoms with Crippen molar-refractivity contribution < 1.29 is 24.0 Å². The number of carbonyl (C=O) groups is 5. The molecule has 0 radical (unpaired) electrons. The third-order valence-electron chi connectivity index (χ3n) is 6.68. The molecule has 9 nitrogen and oxygen atoms in total. The molecule has 0 saturated heterocycles. The lowest BCUT2D eigenvalue weighted by atomic mass is 10.1. The van der Waals surface area contributed by atoms with E-state index in [1.165, 1.54) is 11.8 Å². The summed E-state index contributed by atoms with van der Waals surface area (Å²) < 4.78 is 0. The first-order valence-electron chi connectivity index (χ1n) is 13.0. The molecule has 202 valence electrons. The molecular weight excluding hydrogens is 496 g/mol. The molecule has 0 spiro atoms. The average Bonchev–Trinajstić information content (AvgIpc) is 3.05. The van der Waals surface area contributed by atoms with E-state index in [4.69, 9.17) is 0 Å². The monoisotopic (exact) mass is 528 g/mol. The number of carbonyl (C=O) groups excluding carboxylic acids is 5. The number of para-hydroxylation sites is 2. The topological polar surface area (TPSA) is 116 Å². The predicted octanol–water partition coefficient (Wildman–Crippen LogP) is 2.75. The minimum atomic E-state index is -0.979. The van der Waals surface area contributed by atoms with Crippen LogP contribution in [-0.2, 0) is 30.5 Å².